The summed E-state index contributed by atoms with van der Waals surface area (Å²) in [4.78, 5) is 24.1. The Hall–Kier alpha value is -1.10. The van der Waals surface area contributed by atoms with Crippen LogP contribution >= 0.6 is 0 Å². The van der Waals surface area contributed by atoms with E-state index >= 15 is 0 Å². The van der Waals surface area contributed by atoms with Crippen molar-refractivity contribution in [2.45, 2.75) is 70.4 Å². The van der Waals surface area contributed by atoms with Gasteiger partial charge < -0.3 is 10.8 Å². The van der Waals surface area contributed by atoms with Gasteiger partial charge in [-0.15, -0.1) is 0 Å². The fourth-order valence-corrected chi connectivity index (χ4v) is 2.71. The largest absolute Gasteiger partial charge is 0.480 e. The third kappa shape index (κ3) is 5.19. The van der Waals surface area contributed by atoms with E-state index in [4.69, 9.17) is 10.8 Å². The highest BCUT2D eigenvalue weighted by Crippen LogP contribution is 2.25. The lowest BCUT2D eigenvalue weighted by atomic mass is 9.94. The molecular weight excluding hydrogens is 244 g/mol. The fraction of sp³-hybridized carbons (Fsp3) is 0.857. The minimum absolute atomic E-state index is 0.00831. The van der Waals surface area contributed by atoms with Crippen LogP contribution in [0.15, 0.2) is 0 Å². The normalized spacial score (nSPS) is 20.8. The standard InChI is InChI=1S/C14H26N2O3/c1-2-3-4-5-6-7-11(10-13(15)17)16-9-8-12(16)14(18)19/h11-12H,2-10H2,1H3,(H2,15,17)(H,18,19)/t11?,12-/m0/s1. The molecule has 19 heavy (non-hydrogen) atoms. The monoisotopic (exact) mass is 270 g/mol. The van der Waals surface area contributed by atoms with Crippen molar-refractivity contribution in [2.75, 3.05) is 6.54 Å². The first-order valence-electron chi connectivity index (χ1n) is 7.33. The van der Waals surface area contributed by atoms with E-state index in [9.17, 15) is 9.59 Å². The molecule has 1 saturated heterocycles. The lowest BCUT2D eigenvalue weighted by Crippen LogP contribution is -2.57. The van der Waals surface area contributed by atoms with E-state index in [1.54, 1.807) is 0 Å². The molecule has 5 heteroatoms. The second-order valence-electron chi connectivity index (χ2n) is 5.41. The maximum Gasteiger partial charge on any atom is 0.320 e. The third-order valence-electron chi connectivity index (χ3n) is 3.89. The zero-order valence-electron chi connectivity index (χ0n) is 11.8. The zero-order valence-corrected chi connectivity index (χ0v) is 11.8. The second-order valence-corrected chi connectivity index (χ2v) is 5.41. The number of rotatable bonds is 10. The molecule has 1 rings (SSSR count). The molecule has 0 bridgehead atoms. The first kappa shape index (κ1) is 16.0. The van der Waals surface area contributed by atoms with Crippen LogP contribution in [0.5, 0.6) is 0 Å². The van der Waals surface area contributed by atoms with E-state index in [-0.39, 0.29) is 18.4 Å². The quantitative estimate of drug-likeness (QED) is 0.592. The highest BCUT2D eigenvalue weighted by atomic mass is 16.4. The first-order valence-corrected chi connectivity index (χ1v) is 7.33. The van der Waals surface area contributed by atoms with Gasteiger partial charge in [-0.05, 0) is 12.8 Å². The second kappa shape index (κ2) is 8.15. The molecule has 0 saturated carbocycles. The van der Waals surface area contributed by atoms with Gasteiger partial charge in [0.2, 0.25) is 5.91 Å². The summed E-state index contributed by atoms with van der Waals surface area (Å²) in [5.74, 6) is -1.12. The van der Waals surface area contributed by atoms with Crippen LogP contribution in [-0.2, 0) is 9.59 Å². The van der Waals surface area contributed by atoms with Gasteiger partial charge >= 0.3 is 5.97 Å². The number of carbonyl (C=O) groups is 2. The molecule has 110 valence electrons. The number of hydrogen-bond donors (Lipinski definition) is 2. The summed E-state index contributed by atoms with van der Waals surface area (Å²) in [7, 11) is 0. The Morgan fingerprint density at radius 2 is 2.00 bits per heavy atom. The Morgan fingerprint density at radius 1 is 1.32 bits per heavy atom. The maximum absolute atomic E-state index is 11.1. The minimum Gasteiger partial charge on any atom is -0.480 e. The SMILES string of the molecule is CCCCCCCC(CC(N)=O)N1CC[C@H]1C(=O)O. The van der Waals surface area contributed by atoms with Gasteiger partial charge in [-0.3, -0.25) is 14.5 Å². The molecule has 1 fully saturated rings. The number of hydrogen-bond acceptors (Lipinski definition) is 3. The number of carboxylic acid groups (broad SMARTS) is 1. The van der Waals surface area contributed by atoms with Gasteiger partial charge in [-0.1, -0.05) is 39.0 Å². The number of carboxylic acids is 1. The van der Waals surface area contributed by atoms with E-state index in [0.29, 0.717) is 6.42 Å². The average Bonchev–Trinajstić information content (AvgIpc) is 2.25. The number of primary amides is 1. The number of likely N-dealkylation sites (tertiary alicyclic amines) is 1. The predicted molar refractivity (Wildman–Crippen MR) is 73.7 cm³/mol. The predicted octanol–water partition coefficient (Wildman–Crippen LogP) is 1.75. The van der Waals surface area contributed by atoms with Crippen molar-refractivity contribution >= 4 is 11.9 Å². The summed E-state index contributed by atoms with van der Waals surface area (Å²) < 4.78 is 0. The van der Waals surface area contributed by atoms with Crippen molar-refractivity contribution in [1.82, 2.24) is 4.90 Å². The van der Waals surface area contributed by atoms with Crippen LogP contribution < -0.4 is 5.73 Å². The van der Waals surface area contributed by atoms with Crippen molar-refractivity contribution in [3.05, 3.63) is 0 Å². The van der Waals surface area contributed by atoms with Gasteiger partial charge in [0, 0.05) is 19.0 Å². The van der Waals surface area contributed by atoms with Crippen molar-refractivity contribution in [3.63, 3.8) is 0 Å². The van der Waals surface area contributed by atoms with E-state index in [2.05, 4.69) is 6.92 Å². The highest BCUT2D eigenvalue weighted by molar-refractivity contribution is 5.76. The van der Waals surface area contributed by atoms with Crippen molar-refractivity contribution in [3.8, 4) is 0 Å². The van der Waals surface area contributed by atoms with Crippen molar-refractivity contribution in [2.24, 2.45) is 5.73 Å². The summed E-state index contributed by atoms with van der Waals surface area (Å²) in [6.07, 6.45) is 7.67. The molecule has 3 N–H and O–H groups in total. The fourth-order valence-electron chi connectivity index (χ4n) is 2.71. The average molecular weight is 270 g/mol. The van der Waals surface area contributed by atoms with Gasteiger partial charge in [-0.2, -0.15) is 0 Å². The maximum atomic E-state index is 11.1. The van der Waals surface area contributed by atoms with Crippen LogP contribution in [0.4, 0.5) is 0 Å². The summed E-state index contributed by atoms with van der Waals surface area (Å²) in [6, 6.07) is -0.408. The van der Waals surface area contributed by atoms with E-state index in [1.807, 2.05) is 4.90 Å². The van der Waals surface area contributed by atoms with E-state index in [0.717, 1.165) is 25.8 Å². The molecule has 0 radical (unpaired) electrons. The highest BCUT2D eigenvalue weighted by Gasteiger charge is 2.38. The zero-order chi connectivity index (χ0) is 14.3. The third-order valence-corrected chi connectivity index (χ3v) is 3.89. The minimum atomic E-state index is -0.785. The number of aliphatic carboxylic acids is 1. The number of amides is 1. The van der Waals surface area contributed by atoms with Crippen LogP contribution in [0.25, 0.3) is 0 Å². The molecule has 0 aromatic carbocycles. The van der Waals surface area contributed by atoms with Gasteiger partial charge in [0.1, 0.15) is 6.04 Å². The lowest BCUT2D eigenvalue weighted by Gasteiger charge is -2.43. The molecule has 0 spiro atoms. The Kier molecular flexibility index (Phi) is 6.84. The van der Waals surface area contributed by atoms with Gasteiger partial charge in [0.05, 0.1) is 0 Å². The van der Waals surface area contributed by atoms with E-state index in [1.165, 1.54) is 19.3 Å². The molecule has 0 aromatic rings. The number of nitrogens with zero attached hydrogens (tertiary/aromatic N) is 1. The molecule has 2 atom stereocenters. The van der Waals surface area contributed by atoms with Gasteiger partial charge in [-0.25, -0.2) is 0 Å². The van der Waals surface area contributed by atoms with Crippen LogP contribution in [0, 0.1) is 0 Å². The molecule has 5 nitrogen and oxygen atoms in total. The van der Waals surface area contributed by atoms with Gasteiger partial charge in [0.15, 0.2) is 0 Å². The van der Waals surface area contributed by atoms with E-state index < -0.39 is 12.0 Å². The number of nitrogens with two attached hydrogens (primary N) is 1. The Bertz CT molecular complexity index is 307. The van der Waals surface area contributed by atoms with Gasteiger partial charge in [0.25, 0.3) is 0 Å². The summed E-state index contributed by atoms with van der Waals surface area (Å²) >= 11 is 0. The Balaban J connectivity index is 2.39. The molecule has 0 aromatic heterocycles. The molecule has 1 aliphatic heterocycles. The summed E-state index contributed by atoms with van der Waals surface area (Å²) in [5.41, 5.74) is 5.27. The van der Waals surface area contributed by atoms with Crippen LogP contribution in [0.1, 0.15) is 58.3 Å². The number of unbranched alkanes of at least 4 members (excludes halogenated alkanes) is 4. The molecule has 1 unspecified atom stereocenters. The molecule has 1 heterocycles. The van der Waals surface area contributed by atoms with Crippen LogP contribution in [-0.4, -0.2) is 40.5 Å². The molecule has 1 amide bonds. The summed E-state index contributed by atoms with van der Waals surface area (Å²) in [6.45, 7) is 2.94. The molecule has 0 aliphatic carbocycles. The van der Waals surface area contributed by atoms with Crippen LogP contribution in [0.3, 0.4) is 0 Å². The Labute approximate surface area is 115 Å². The molecular formula is C14H26N2O3. The van der Waals surface area contributed by atoms with Crippen molar-refractivity contribution < 1.29 is 14.7 Å². The molecule has 1 aliphatic rings. The number of carbonyl (C=O) groups excluding carboxylic acids is 1. The smallest absolute Gasteiger partial charge is 0.320 e. The summed E-state index contributed by atoms with van der Waals surface area (Å²) in [5, 5.41) is 9.07. The topological polar surface area (TPSA) is 83.6 Å². The van der Waals surface area contributed by atoms with Crippen LogP contribution in [0.2, 0.25) is 0 Å². The first-order chi connectivity index (χ1) is 9.06. The Morgan fingerprint density at radius 3 is 2.47 bits per heavy atom. The van der Waals surface area contributed by atoms with Crippen molar-refractivity contribution in [1.29, 1.82) is 0 Å². The lowest BCUT2D eigenvalue weighted by molar-refractivity contribution is -0.151.